The SMILES string of the molecule is CCc1cc2c(cc1OCc1ccccc1)CCC1C2CCC2(C)C(NCCOC)CCC12. The highest BCUT2D eigenvalue weighted by Crippen LogP contribution is 2.61. The van der Waals surface area contributed by atoms with Gasteiger partial charge in [0.25, 0.3) is 0 Å². The van der Waals surface area contributed by atoms with Gasteiger partial charge in [-0.3, -0.25) is 0 Å². The number of ether oxygens (including phenoxy) is 2. The fraction of sp³-hybridized carbons (Fsp3) is 0.600. The Morgan fingerprint density at radius 1 is 1.06 bits per heavy atom. The molecule has 0 aliphatic heterocycles. The minimum absolute atomic E-state index is 0.443. The average molecular weight is 448 g/mol. The van der Waals surface area contributed by atoms with Gasteiger partial charge in [-0.2, -0.15) is 0 Å². The Kier molecular flexibility index (Phi) is 6.81. The summed E-state index contributed by atoms with van der Waals surface area (Å²) < 4.78 is 11.6. The molecule has 0 heterocycles. The molecule has 0 bridgehead atoms. The topological polar surface area (TPSA) is 30.5 Å². The third kappa shape index (κ3) is 4.35. The van der Waals surface area contributed by atoms with Crippen LogP contribution in [0.25, 0.3) is 0 Å². The summed E-state index contributed by atoms with van der Waals surface area (Å²) in [6.07, 6.45) is 8.96. The van der Waals surface area contributed by atoms with Crippen molar-refractivity contribution in [2.75, 3.05) is 20.3 Å². The number of fused-ring (bicyclic) bond motifs is 5. The highest BCUT2D eigenvalue weighted by Gasteiger charge is 2.54. The van der Waals surface area contributed by atoms with Gasteiger partial charge in [-0.05, 0) is 96.4 Å². The monoisotopic (exact) mass is 447 g/mol. The fourth-order valence-corrected chi connectivity index (χ4v) is 7.46. The van der Waals surface area contributed by atoms with Crippen LogP contribution in [-0.2, 0) is 24.2 Å². The molecule has 178 valence electrons. The second-order valence-electron chi connectivity index (χ2n) is 10.8. The Bertz CT molecular complexity index is 942. The minimum Gasteiger partial charge on any atom is -0.489 e. The molecule has 3 nitrogen and oxygen atoms in total. The first kappa shape index (κ1) is 22.9. The van der Waals surface area contributed by atoms with Crippen LogP contribution < -0.4 is 10.1 Å². The predicted molar refractivity (Wildman–Crippen MR) is 135 cm³/mol. The molecule has 5 rings (SSSR count). The molecular weight excluding hydrogens is 406 g/mol. The van der Waals surface area contributed by atoms with E-state index in [1.165, 1.54) is 49.7 Å². The van der Waals surface area contributed by atoms with Crippen molar-refractivity contribution in [1.82, 2.24) is 5.32 Å². The van der Waals surface area contributed by atoms with Gasteiger partial charge in [0.05, 0.1) is 6.61 Å². The third-order valence-corrected chi connectivity index (χ3v) is 9.22. The maximum absolute atomic E-state index is 6.34. The van der Waals surface area contributed by atoms with E-state index in [9.17, 15) is 0 Å². The lowest BCUT2D eigenvalue weighted by atomic mass is 9.55. The van der Waals surface area contributed by atoms with Crippen LogP contribution >= 0.6 is 0 Å². The van der Waals surface area contributed by atoms with E-state index < -0.39 is 0 Å². The van der Waals surface area contributed by atoms with Gasteiger partial charge in [-0.1, -0.05) is 50.2 Å². The highest BCUT2D eigenvalue weighted by molar-refractivity contribution is 5.46. The smallest absolute Gasteiger partial charge is 0.123 e. The largest absolute Gasteiger partial charge is 0.489 e. The second kappa shape index (κ2) is 9.80. The Morgan fingerprint density at radius 2 is 1.91 bits per heavy atom. The van der Waals surface area contributed by atoms with Gasteiger partial charge in [0, 0.05) is 19.7 Å². The van der Waals surface area contributed by atoms with Crippen molar-refractivity contribution in [1.29, 1.82) is 0 Å². The van der Waals surface area contributed by atoms with Crippen LogP contribution in [0.1, 0.15) is 74.1 Å². The van der Waals surface area contributed by atoms with Crippen LogP contribution in [0.2, 0.25) is 0 Å². The number of benzene rings is 2. The van der Waals surface area contributed by atoms with Gasteiger partial charge in [0.2, 0.25) is 0 Å². The van der Waals surface area contributed by atoms with Crippen molar-refractivity contribution in [3.8, 4) is 5.75 Å². The number of hydrogen-bond acceptors (Lipinski definition) is 3. The van der Waals surface area contributed by atoms with E-state index >= 15 is 0 Å². The molecular formula is C30H41NO2. The summed E-state index contributed by atoms with van der Waals surface area (Å²) in [6.45, 7) is 7.29. The average Bonchev–Trinajstić information content (AvgIpc) is 3.19. The summed E-state index contributed by atoms with van der Waals surface area (Å²) in [5.74, 6) is 3.52. The lowest BCUT2D eigenvalue weighted by molar-refractivity contribution is 0.0395. The molecule has 3 aliphatic rings. The number of nitrogens with one attached hydrogen (secondary N) is 1. The molecule has 0 aromatic heterocycles. The van der Waals surface area contributed by atoms with Gasteiger partial charge in [-0.15, -0.1) is 0 Å². The molecule has 2 aromatic rings. The minimum atomic E-state index is 0.443. The van der Waals surface area contributed by atoms with Gasteiger partial charge in [0.15, 0.2) is 0 Å². The first-order valence-corrected chi connectivity index (χ1v) is 13.2. The van der Waals surface area contributed by atoms with E-state index in [0.29, 0.717) is 18.1 Å². The predicted octanol–water partition coefficient (Wildman–Crippen LogP) is 6.29. The molecule has 0 radical (unpaired) electrons. The molecule has 0 saturated heterocycles. The Morgan fingerprint density at radius 3 is 2.70 bits per heavy atom. The summed E-state index contributed by atoms with van der Waals surface area (Å²) in [4.78, 5) is 0. The van der Waals surface area contributed by atoms with Crippen LogP contribution in [0, 0.1) is 17.3 Å². The molecule has 0 amide bonds. The van der Waals surface area contributed by atoms with Crippen molar-refractivity contribution in [2.24, 2.45) is 17.3 Å². The number of rotatable bonds is 8. The molecule has 0 spiro atoms. The number of methoxy groups -OCH3 is 1. The zero-order chi connectivity index (χ0) is 22.8. The maximum atomic E-state index is 6.34. The molecule has 1 N–H and O–H groups in total. The summed E-state index contributed by atoms with van der Waals surface area (Å²) in [5, 5.41) is 3.85. The molecule has 5 unspecified atom stereocenters. The van der Waals surface area contributed by atoms with Gasteiger partial charge >= 0.3 is 0 Å². The van der Waals surface area contributed by atoms with Crippen molar-refractivity contribution in [3.63, 3.8) is 0 Å². The van der Waals surface area contributed by atoms with E-state index in [-0.39, 0.29) is 0 Å². The van der Waals surface area contributed by atoms with E-state index in [1.54, 1.807) is 18.2 Å². The van der Waals surface area contributed by atoms with Crippen LogP contribution in [-0.4, -0.2) is 26.3 Å². The number of hydrogen-bond donors (Lipinski definition) is 1. The van der Waals surface area contributed by atoms with Crippen LogP contribution in [0.15, 0.2) is 42.5 Å². The van der Waals surface area contributed by atoms with Crippen LogP contribution in [0.4, 0.5) is 0 Å². The van der Waals surface area contributed by atoms with Crippen LogP contribution in [0.5, 0.6) is 5.75 Å². The first-order valence-electron chi connectivity index (χ1n) is 13.2. The van der Waals surface area contributed by atoms with E-state index in [2.05, 4.69) is 61.6 Å². The first-order chi connectivity index (χ1) is 16.1. The Labute approximate surface area is 200 Å². The zero-order valence-electron chi connectivity index (χ0n) is 20.7. The summed E-state index contributed by atoms with van der Waals surface area (Å²) >= 11 is 0. The summed E-state index contributed by atoms with van der Waals surface area (Å²) in [6, 6.07) is 16.1. The van der Waals surface area contributed by atoms with Gasteiger partial charge in [0.1, 0.15) is 12.4 Å². The van der Waals surface area contributed by atoms with E-state index in [4.69, 9.17) is 9.47 Å². The summed E-state index contributed by atoms with van der Waals surface area (Å²) in [7, 11) is 1.80. The van der Waals surface area contributed by atoms with Crippen molar-refractivity contribution in [3.05, 3.63) is 64.7 Å². The zero-order valence-corrected chi connectivity index (χ0v) is 20.7. The molecule has 3 aliphatic carbocycles. The highest BCUT2D eigenvalue weighted by atomic mass is 16.5. The van der Waals surface area contributed by atoms with E-state index in [0.717, 1.165) is 43.1 Å². The quantitative estimate of drug-likeness (QED) is 0.483. The van der Waals surface area contributed by atoms with Crippen molar-refractivity contribution >= 4 is 0 Å². The normalized spacial score (nSPS) is 30.4. The Balaban J connectivity index is 1.34. The van der Waals surface area contributed by atoms with Crippen molar-refractivity contribution < 1.29 is 9.47 Å². The lowest BCUT2D eigenvalue weighted by Gasteiger charge is -2.51. The number of aryl methyl sites for hydroxylation is 2. The fourth-order valence-electron chi connectivity index (χ4n) is 7.46. The van der Waals surface area contributed by atoms with Gasteiger partial charge < -0.3 is 14.8 Å². The third-order valence-electron chi connectivity index (χ3n) is 9.22. The molecule has 2 aromatic carbocycles. The molecule has 2 fully saturated rings. The lowest BCUT2D eigenvalue weighted by Crippen LogP contribution is -2.49. The molecule has 2 saturated carbocycles. The standard InChI is InChI=1S/C30H41NO2/c1-4-22-18-26-23(19-28(22)33-20-21-8-6-5-7-9-21)10-11-25-24(26)14-15-30(2)27(25)12-13-29(30)31-16-17-32-3/h5-9,18-19,24-25,27,29,31H,4,10-17,20H2,1-3H3. The maximum Gasteiger partial charge on any atom is 0.123 e. The Hall–Kier alpha value is -1.84. The molecule has 33 heavy (non-hydrogen) atoms. The molecule has 3 heteroatoms. The van der Waals surface area contributed by atoms with Crippen LogP contribution in [0.3, 0.4) is 0 Å². The van der Waals surface area contributed by atoms with E-state index in [1.807, 2.05) is 0 Å². The summed E-state index contributed by atoms with van der Waals surface area (Å²) in [5.41, 5.74) is 6.25. The van der Waals surface area contributed by atoms with Crippen molar-refractivity contribution in [2.45, 2.75) is 77.4 Å². The second-order valence-corrected chi connectivity index (χ2v) is 10.8. The van der Waals surface area contributed by atoms with Gasteiger partial charge in [-0.25, -0.2) is 0 Å². The molecule has 5 atom stereocenters.